The average Bonchev–Trinajstić information content (AvgIpc) is 3.04. The van der Waals surface area contributed by atoms with Gasteiger partial charge in [0, 0.05) is 25.0 Å². The summed E-state index contributed by atoms with van der Waals surface area (Å²) in [5, 5.41) is 0. The van der Waals surface area contributed by atoms with Crippen LogP contribution in [0.3, 0.4) is 0 Å². The van der Waals surface area contributed by atoms with E-state index in [-0.39, 0.29) is 21.2 Å². The summed E-state index contributed by atoms with van der Waals surface area (Å²) in [4.78, 5) is 0. The van der Waals surface area contributed by atoms with Gasteiger partial charge in [0.25, 0.3) is 0 Å². The molecule has 0 aliphatic rings. The van der Waals surface area contributed by atoms with Crippen molar-refractivity contribution in [2.75, 3.05) is 0 Å². The van der Waals surface area contributed by atoms with Gasteiger partial charge in [0.2, 0.25) is 0 Å². The van der Waals surface area contributed by atoms with Gasteiger partial charge in [-0.1, -0.05) is 26.7 Å². The molecule has 0 radical (unpaired) electrons. The molecule has 0 N–H and O–H groups in total. The van der Waals surface area contributed by atoms with E-state index in [0.717, 1.165) is 31.9 Å². The SMILES string of the molecule is CCCCc1ccc([I+]c2ccc(CCCC)o2)o1. The van der Waals surface area contributed by atoms with E-state index in [1.54, 1.807) is 0 Å². The van der Waals surface area contributed by atoms with Crippen LogP contribution in [0.1, 0.15) is 51.1 Å². The van der Waals surface area contributed by atoms with Gasteiger partial charge in [0.05, 0.1) is 0 Å². The zero-order valence-electron chi connectivity index (χ0n) is 11.7. The molecule has 2 heterocycles. The summed E-state index contributed by atoms with van der Waals surface area (Å²) in [6, 6.07) is 8.47. The molecule has 0 saturated heterocycles. The van der Waals surface area contributed by atoms with Crippen molar-refractivity contribution in [2.24, 2.45) is 0 Å². The molecule has 0 unspecified atom stereocenters. The molecule has 0 bridgehead atoms. The smallest absolute Gasteiger partial charge is 0.423 e. The molecular formula is C16H22IO2+. The third kappa shape index (κ3) is 4.71. The van der Waals surface area contributed by atoms with Crippen molar-refractivity contribution in [2.45, 2.75) is 52.4 Å². The fraction of sp³-hybridized carbons (Fsp3) is 0.500. The molecule has 0 saturated carbocycles. The second kappa shape index (κ2) is 7.78. The highest BCUT2D eigenvalue weighted by Crippen LogP contribution is 2.06. The summed E-state index contributed by atoms with van der Waals surface area (Å²) in [7, 11) is 0. The van der Waals surface area contributed by atoms with Crippen molar-refractivity contribution in [3.8, 4) is 0 Å². The zero-order valence-corrected chi connectivity index (χ0v) is 13.9. The predicted octanol–water partition coefficient (Wildman–Crippen LogP) is 1.69. The minimum absolute atomic E-state index is 0.295. The van der Waals surface area contributed by atoms with Gasteiger partial charge in [-0.25, -0.2) is 0 Å². The molecule has 2 rings (SSSR count). The molecule has 2 aromatic rings. The van der Waals surface area contributed by atoms with Crippen molar-refractivity contribution in [3.63, 3.8) is 0 Å². The van der Waals surface area contributed by atoms with Crippen LogP contribution in [0.25, 0.3) is 0 Å². The van der Waals surface area contributed by atoms with Crippen LogP contribution in [-0.4, -0.2) is 0 Å². The molecule has 3 heteroatoms. The molecule has 2 aromatic heterocycles. The van der Waals surface area contributed by atoms with Gasteiger partial charge in [-0.3, -0.25) is 0 Å². The summed E-state index contributed by atoms with van der Waals surface area (Å²) >= 11 is -0.295. The first-order chi connectivity index (χ1) is 9.31. The molecular weight excluding hydrogens is 351 g/mol. The Bertz CT molecular complexity index is 440. The largest absolute Gasteiger partial charge is 0.442 e. The summed E-state index contributed by atoms with van der Waals surface area (Å²) in [5.41, 5.74) is 0. The Morgan fingerprint density at radius 1 is 0.789 bits per heavy atom. The topological polar surface area (TPSA) is 26.3 Å². The molecule has 0 spiro atoms. The van der Waals surface area contributed by atoms with E-state index < -0.39 is 0 Å². The van der Waals surface area contributed by atoms with Crippen LogP contribution in [0.4, 0.5) is 0 Å². The van der Waals surface area contributed by atoms with Gasteiger partial charge >= 0.3 is 28.7 Å². The van der Waals surface area contributed by atoms with Crippen molar-refractivity contribution >= 4 is 0 Å². The van der Waals surface area contributed by atoms with Gasteiger partial charge in [-0.15, -0.1) is 0 Å². The van der Waals surface area contributed by atoms with Gasteiger partial charge in [-0.2, -0.15) is 0 Å². The highest BCUT2D eigenvalue weighted by atomic mass is 127. The van der Waals surface area contributed by atoms with E-state index in [1.807, 2.05) is 0 Å². The third-order valence-electron chi connectivity index (χ3n) is 3.00. The highest BCUT2D eigenvalue weighted by Gasteiger charge is 2.24. The van der Waals surface area contributed by atoms with E-state index in [9.17, 15) is 0 Å². The van der Waals surface area contributed by atoms with E-state index in [1.165, 1.54) is 25.7 Å². The Balaban J connectivity index is 1.89. The third-order valence-corrected chi connectivity index (χ3v) is 5.22. The Hall–Kier alpha value is -0.710. The fourth-order valence-electron chi connectivity index (χ4n) is 1.87. The zero-order chi connectivity index (χ0) is 13.5. The number of unbranched alkanes of at least 4 members (excludes halogenated alkanes) is 2. The lowest BCUT2D eigenvalue weighted by atomic mass is 10.2. The van der Waals surface area contributed by atoms with Crippen LogP contribution in [0.5, 0.6) is 0 Å². The average molecular weight is 373 g/mol. The van der Waals surface area contributed by atoms with Crippen LogP contribution in [0.2, 0.25) is 0 Å². The number of hydrogen-bond donors (Lipinski definition) is 0. The first-order valence-corrected chi connectivity index (χ1v) is 9.29. The lowest BCUT2D eigenvalue weighted by molar-refractivity contribution is -0.636. The molecule has 0 fully saturated rings. The molecule has 0 aliphatic carbocycles. The second-order valence-corrected chi connectivity index (χ2v) is 7.38. The lowest BCUT2D eigenvalue weighted by Crippen LogP contribution is -3.61. The molecule has 2 nitrogen and oxygen atoms in total. The quantitative estimate of drug-likeness (QED) is 0.659. The summed E-state index contributed by atoms with van der Waals surface area (Å²) < 4.78 is 14.0. The van der Waals surface area contributed by atoms with Gasteiger partial charge in [0.15, 0.2) is 0 Å². The standard InChI is InChI=1S/C16H22IO2/c1-3-5-7-13-9-11-15(18-13)17-16-12-10-14(19-16)8-6-4-2/h9-12H,3-8H2,1-2H3/q+1. The molecule has 0 aromatic carbocycles. The Kier molecular flexibility index (Phi) is 6.01. The first-order valence-electron chi connectivity index (χ1n) is 7.14. The molecule has 0 atom stereocenters. The number of furan rings is 2. The van der Waals surface area contributed by atoms with Crippen LogP contribution in [0.15, 0.2) is 33.1 Å². The van der Waals surface area contributed by atoms with Crippen molar-refractivity contribution in [3.05, 3.63) is 43.3 Å². The number of hydrogen-bond acceptors (Lipinski definition) is 2. The van der Waals surface area contributed by atoms with E-state index in [4.69, 9.17) is 8.83 Å². The van der Waals surface area contributed by atoms with Crippen LogP contribution >= 0.6 is 0 Å². The van der Waals surface area contributed by atoms with Crippen molar-refractivity contribution in [1.29, 1.82) is 0 Å². The number of halogens is 1. The van der Waals surface area contributed by atoms with Gasteiger partial charge in [-0.05, 0) is 25.0 Å². The maximum atomic E-state index is 5.87. The van der Waals surface area contributed by atoms with Gasteiger partial charge < -0.3 is 8.83 Å². The first kappa shape index (κ1) is 14.7. The Morgan fingerprint density at radius 2 is 1.26 bits per heavy atom. The maximum Gasteiger partial charge on any atom is 0.442 e. The van der Waals surface area contributed by atoms with E-state index >= 15 is 0 Å². The molecule has 104 valence electrons. The van der Waals surface area contributed by atoms with E-state index in [2.05, 4.69) is 38.1 Å². The highest BCUT2D eigenvalue weighted by molar-refractivity contribution is 4.99. The molecule has 0 amide bonds. The number of rotatable bonds is 8. The minimum atomic E-state index is -0.295. The Labute approximate surface area is 125 Å². The number of aryl methyl sites for hydroxylation is 2. The van der Waals surface area contributed by atoms with Crippen LogP contribution < -0.4 is 21.2 Å². The second-order valence-electron chi connectivity index (χ2n) is 4.71. The van der Waals surface area contributed by atoms with Crippen molar-refractivity contribution in [1.82, 2.24) is 0 Å². The Morgan fingerprint density at radius 3 is 1.68 bits per heavy atom. The van der Waals surface area contributed by atoms with Crippen LogP contribution in [0, 0.1) is 7.53 Å². The minimum Gasteiger partial charge on any atom is -0.423 e. The normalized spacial score (nSPS) is 11.1. The molecule has 0 aliphatic heterocycles. The maximum absolute atomic E-state index is 5.87. The van der Waals surface area contributed by atoms with Crippen molar-refractivity contribution < 1.29 is 30.0 Å². The monoisotopic (exact) mass is 373 g/mol. The summed E-state index contributed by atoms with van der Waals surface area (Å²) in [6.07, 6.45) is 6.94. The predicted molar refractivity (Wildman–Crippen MR) is 72.0 cm³/mol. The van der Waals surface area contributed by atoms with Gasteiger partial charge in [0.1, 0.15) is 11.5 Å². The fourth-order valence-corrected chi connectivity index (χ4v) is 3.90. The summed E-state index contributed by atoms with van der Waals surface area (Å²) in [5.74, 6) is 2.24. The van der Waals surface area contributed by atoms with Crippen LogP contribution in [-0.2, 0) is 12.8 Å². The molecule has 19 heavy (non-hydrogen) atoms. The van der Waals surface area contributed by atoms with E-state index in [0.29, 0.717) is 0 Å². The summed E-state index contributed by atoms with van der Waals surface area (Å²) in [6.45, 7) is 4.41. The lowest BCUT2D eigenvalue weighted by Gasteiger charge is -1.91.